The maximum atomic E-state index is 13.0. The highest BCUT2D eigenvalue weighted by molar-refractivity contribution is 5.42. The van der Waals surface area contributed by atoms with Gasteiger partial charge in [-0.15, -0.1) is 0 Å². The normalized spacial score (nSPS) is 21.6. The number of phenolic OH excluding ortho intramolecular Hbond substituents is 1. The molecular formula is C10H9F4NO. The van der Waals surface area contributed by atoms with Gasteiger partial charge in [0, 0.05) is 24.5 Å². The van der Waals surface area contributed by atoms with Crippen LogP contribution in [0.5, 0.6) is 5.75 Å². The third-order valence-corrected chi connectivity index (χ3v) is 2.71. The fourth-order valence-electron chi connectivity index (χ4n) is 2.01. The highest BCUT2D eigenvalue weighted by atomic mass is 19.3. The van der Waals surface area contributed by atoms with Gasteiger partial charge in [-0.1, -0.05) is 0 Å². The molecule has 0 bridgehead atoms. The van der Waals surface area contributed by atoms with Crippen LogP contribution in [0, 0.1) is 11.6 Å². The number of aromatic hydroxyl groups is 1. The summed E-state index contributed by atoms with van der Waals surface area (Å²) in [5.74, 6) is -5.95. The van der Waals surface area contributed by atoms with Crippen LogP contribution in [0.25, 0.3) is 0 Å². The third-order valence-electron chi connectivity index (χ3n) is 2.71. The number of hydrogen-bond acceptors (Lipinski definition) is 2. The number of rotatable bonds is 1. The Balaban J connectivity index is 2.42. The minimum Gasteiger partial charge on any atom is -0.505 e. The second-order valence-electron chi connectivity index (χ2n) is 4.15. The lowest BCUT2D eigenvalue weighted by molar-refractivity contribution is -0.125. The highest BCUT2D eigenvalue weighted by Crippen LogP contribution is 2.52. The van der Waals surface area contributed by atoms with E-state index in [-0.39, 0.29) is 5.56 Å². The Morgan fingerprint density at radius 2 is 1.75 bits per heavy atom. The van der Waals surface area contributed by atoms with Gasteiger partial charge in [-0.2, -0.15) is 0 Å². The first-order valence-corrected chi connectivity index (χ1v) is 4.59. The van der Waals surface area contributed by atoms with E-state index in [1.165, 1.54) is 0 Å². The molecule has 0 spiro atoms. The Hall–Kier alpha value is -1.30. The van der Waals surface area contributed by atoms with E-state index in [4.69, 9.17) is 5.73 Å². The number of benzene rings is 1. The third kappa shape index (κ3) is 1.63. The van der Waals surface area contributed by atoms with Crippen molar-refractivity contribution >= 4 is 0 Å². The quantitative estimate of drug-likeness (QED) is 0.733. The van der Waals surface area contributed by atoms with Gasteiger partial charge in [0.15, 0.2) is 11.6 Å². The van der Waals surface area contributed by atoms with Crippen LogP contribution in [-0.4, -0.2) is 11.0 Å². The molecule has 88 valence electrons. The molecule has 1 saturated carbocycles. The van der Waals surface area contributed by atoms with Crippen LogP contribution in [0.4, 0.5) is 17.6 Å². The maximum absolute atomic E-state index is 13.0. The van der Waals surface area contributed by atoms with Crippen molar-refractivity contribution in [3.05, 3.63) is 29.3 Å². The van der Waals surface area contributed by atoms with Gasteiger partial charge in [0.05, 0.1) is 5.54 Å². The summed E-state index contributed by atoms with van der Waals surface area (Å²) in [5.41, 5.74) is 3.70. The van der Waals surface area contributed by atoms with Crippen molar-refractivity contribution < 1.29 is 22.7 Å². The molecule has 1 aromatic carbocycles. The van der Waals surface area contributed by atoms with E-state index in [1.54, 1.807) is 0 Å². The van der Waals surface area contributed by atoms with Gasteiger partial charge >= 0.3 is 0 Å². The Labute approximate surface area is 88.7 Å². The Morgan fingerprint density at radius 3 is 2.25 bits per heavy atom. The van der Waals surface area contributed by atoms with Gasteiger partial charge in [-0.25, -0.2) is 17.6 Å². The molecule has 0 radical (unpaired) electrons. The number of phenols is 1. The van der Waals surface area contributed by atoms with Crippen molar-refractivity contribution in [3.63, 3.8) is 0 Å². The van der Waals surface area contributed by atoms with Gasteiger partial charge in [0.25, 0.3) is 5.92 Å². The predicted octanol–water partition coefficient (Wildman–Crippen LogP) is 2.25. The molecule has 0 atom stereocenters. The van der Waals surface area contributed by atoms with E-state index in [1.807, 2.05) is 0 Å². The van der Waals surface area contributed by atoms with E-state index in [2.05, 4.69) is 0 Å². The van der Waals surface area contributed by atoms with E-state index < -0.39 is 41.7 Å². The topological polar surface area (TPSA) is 46.2 Å². The molecule has 6 heteroatoms. The first kappa shape index (κ1) is 11.2. The summed E-state index contributed by atoms with van der Waals surface area (Å²) in [6, 6.07) is 1.26. The molecule has 0 aromatic heterocycles. The fourth-order valence-corrected chi connectivity index (χ4v) is 2.01. The molecule has 0 heterocycles. The van der Waals surface area contributed by atoms with Crippen molar-refractivity contribution in [2.75, 3.05) is 0 Å². The van der Waals surface area contributed by atoms with Crippen molar-refractivity contribution in [3.8, 4) is 5.75 Å². The molecule has 0 saturated heterocycles. The highest BCUT2D eigenvalue weighted by Gasteiger charge is 2.56. The van der Waals surface area contributed by atoms with Crippen LogP contribution in [0.15, 0.2) is 12.1 Å². The summed E-state index contributed by atoms with van der Waals surface area (Å²) in [7, 11) is 0. The van der Waals surface area contributed by atoms with E-state index in [0.29, 0.717) is 6.07 Å². The minimum absolute atomic E-state index is 0.309. The molecule has 0 aliphatic heterocycles. The first-order chi connectivity index (χ1) is 7.23. The van der Waals surface area contributed by atoms with Crippen LogP contribution in [0.3, 0.4) is 0 Å². The molecule has 2 rings (SSSR count). The summed E-state index contributed by atoms with van der Waals surface area (Å²) in [4.78, 5) is 0. The van der Waals surface area contributed by atoms with Crippen LogP contribution in [0.2, 0.25) is 0 Å². The van der Waals surface area contributed by atoms with Crippen molar-refractivity contribution in [2.45, 2.75) is 24.3 Å². The number of hydrogen-bond donors (Lipinski definition) is 2. The Bertz CT molecular complexity index is 439. The molecule has 0 unspecified atom stereocenters. The van der Waals surface area contributed by atoms with Gasteiger partial charge < -0.3 is 10.8 Å². The number of halogens is 4. The van der Waals surface area contributed by atoms with Crippen molar-refractivity contribution in [1.82, 2.24) is 0 Å². The monoisotopic (exact) mass is 235 g/mol. The SMILES string of the molecule is NC1(c2cc(F)cc(F)c2O)CC(F)(F)C1. The molecule has 2 nitrogen and oxygen atoms in total. The number of alkyl halides is 2. The smallest absolute Gasteiger partial charge is 0.252 e. The second-order valence-corrected chi connectivity index (χ2v) is 4.15. The van der Waals surface area contributed by atoms with Crippen molar-refractivity contribution in [1.29, 1.82) is 0 Å². The summed E-state index contributed by atoms with van der Waals surface area (Å²) in [6.45, 7) is 0. The number of nitrogens with two attached hydrogens (primary N) is 1. The zero-order valence-electron chi connectivity index (χ0n) is 8.11. The molecule has 1 aromatic rings. The molecule has 1 fully saturated rings. The average Bonchev–Trinajstić information content (AvgIpc) is 2.07. The zero-order chi connectivity index (χ0) is 12.1. The van der Waals surface area contributed by atoms with Gasteiger partial charge in [0.1, 0.15) is 5.82 Å². The summed E-state index contributed by atoms with van der Waals surface area (Å²) in [6.07, 6.45) is -1.45. The zero-order valence-corrected chi connectivity index (χ0v) is 8.11. The van der Waals surface area contributed by atoms with Crippen LogP contribution in [-0.2, 0) is 5.54 Å². The van der Waals surface area contributed by atoms with Crippen LogP contribution >= 0.6 is 0 Å². The van der Waals surface area contributed by atoms with Crippen molar-refractivity contribution in [2.24, 2.45) is 5.73 Å². The van der Waals surface area contributed by atoms with Crippen LogP contribution in [0.1, 0.15) is 18.4 Å². The van der Waals surface area contributed by atoms with Crippen LogP contribution < -0.4 is 5.73 Å². The molecule has 1 aliphatic carbocycles. The first-order valence-electron chi connectivity index (χ1n) is 4.59. The molecule has 0 amide bonds. The summed E-state index contributed by atoms with van der Waals surface area (Å²) >= 11 is 0. The minimum atomic E-state index is -2.94. The summed E-state index contributed by atoms with van der Waals surface area (Å²) in [5, 5.41) is 9.33. The lowest BCUT2D eigenvalue weighted by Crippen LogP contribution is -2.55. The fraction of sp³-hybridized carbons (Fsp3) is 0.400. The molecule has 3 N–H and O–H groups in total. The van der Waals surface area contributed by atoms with E-state index in [0.717, 1.165) is 6.07 Å². The lowest BCUT2D eigenvalue weighted by atomic mass is 9.69. The van der Waals surface area contributed by atoms with Gasteiger partial charge in [-0.3, -0.25) is 0 Å². The van der Waals surface area contributed by atoms with E-state index in [9.17, 15) is 22.7 Å². The van der Waals surface area contributed by atoms with Gasteiger partial charge in [0.2, 0.25) is 0 Å². The molecular weight excluding hydrogens is 226 g/mol. The second kappa shape index (κ2) is 3.10. The van der Waals surface area contributed by atoms with E-state index >= 15 is 0 Å². The van der Waals surface area contributed by atoms with Gasteiger partial charge in [-0.05, 0) is 6.07 Å². The summed E-state index contributed by atoms with van der Waals surface area (Å²) < 4.78 is 51.3. The molecule has 1 aliphatic rings. The average molecular weight is 235 g/mol. The Morgan fingerprint density at radius 1 is 1.19 bits per heavy atom. The predicted molar refractivity (Wildman–Crippen MR) is 48.1 cm³/mol. The Kier molecular flexibility index (Phi) is 2.17. The standard InChI is InChI=1S/C10H9F4NO/c11-5-1-6(8(16)7(12)2-5)9(15)3-10(13,14)4-9/h1-2,16H,3-4,15H2. The molecule has 16 heavy (non-hydrogen) atoms. The largest absolute Gasteiger partial charge is 0.505 e. The lowest BCUT2D eigenvalue weighted by Gasteiger charge is -2.44. The maximum Gasteiger partial charge on any atom is 0.252 e.